The van der Waals surface area contributed by atoms with E-state index < -0.39 is 5.97 Å². The highest BCUT2D eigenvalue weighted by molar-refractivity contribution is 6.00. The van der Waals surface area contributed by atoms with Gasteiger partial charge in [0.2, 0.25) is 11.7 Å². The molecule has 0 radical (unpaired) electrons. The predicted molar refractivity (Wildman–Crippen MR) is 114 cm³/mol. The molecule has 0 unspecified atom stereocenters. The fourth-order valence-corrected chi connectivity index (χ4v) is 3.70. The highest BCUT2D eigenvalue weighted by Crippen LogP contribution is 2.27. The number of aromatic carboxylic acids is 1. The molecule has 3 aromatic heterocycles. The first-order chi connectivity index (χ1) is 15.5. The smallest absolute Gasteiger partial charge is 0.337 e. The first kappa shape index (κ1) is 19.6. The molecule has 4 heterocycles. The average molecular weight is 430 g/mol. The van der Waals surface area contributed by atoms with Crippen molar-refractivity contribution in [2.24, 2.45) is 0 Å². The predicted octanol–water partition coefficient (Wildman–Crippen LogP) is 2.75. The standard InChI is InChI=1S/C22H18N6O4/c1-12-26-19(27-32-12)14-3-2-13-4-5-23-20(16(13)8-14)24-6-7-28-11-18-17(21(28)29)9-15(10-25-18)22(30)31/h2-5,8-10H,6-7,11H2,1H3,(H,23,24)(H,30,31). The van der Waals surface area contributed by atoms with Gasteiger partial charge in [0.05, 0.1) is 23.4 Å². The highest BCUT2D eigenvalue weighted by Gasteiger charge is 2.29. The van der Waals surface area contributed by atoms with Gasteiger partial charge < -0.3 is 19.8 Å². The van der Waals surface area contributed by atoms with E-state index in [1.54, 1.807) is 18.0 Å². The first-order valence-electron chi connectivity index (χ1n) is 9.94. The lowest BCUT2D eigenvalue weighted by molar-refractivity contribution is 0.0696. The second-order valence-corrected chi connectivity index (χ2v) is 7.41. The number of carboxylic acid groups (broad SMARTS) is 1. The zero-order valence-corrected chi connectivity index (χ0v) is 17.1. The van der Waals surface area contributed by atoms with Crippen LogP contribution in [0.15, 0.2) is 47.2 Å². The van der Waals surface area contributed by atoms with Crippen molar-refractivity contribution in [3.63, 3.8) is 0 Å². The van der Waals surface area contributed by atoms with E-state index in [4.69, 9.17) is 9.63 Å². The molecule has 0 fully saturated rings. The van der Waals surface area contributed by atoms with Crippen LogP contribution in [-0.4, -0.2) is 55.1 Å². The van der Waals surface area contributed by atoms with Gasteiger partial charge in [-0.15, -0.1) is 0 Å². The van der Waals surface area contributed by atoms with Gasteiger partial charge in [-0.05, 0) is 23.6 Å². The van der Waals surface area contributed by atoms with E-state index in [-0.39, 0.29) is 11.5 Å². The lowest BCUT2D eigenvalue weighted by Gasteiger charge is -2.16. The van der Waals surface area contributed by atoms with Crippen LogP contribution in [0.25, 0.3) is 22.2 Å². The van der Waals surface area contributed by atoms with Gasteiger partial charge in [0.25, 0.3) is 5.91 Å². The van der Waals surface area contributed by atoms with Gasteiger partial charge in [-0.1, -0.05) is 17.3 Å². The van der Waals surface area contributed by atoms with Crippen molar-refractivity contribution in [3.8, 4) is 11.4 Å². The van der Waals surface area contributed by atoms with Gasteiger partial charge in [0.15, 0.2) is 0 Å². The number of rotatable bonds is 6. The number of amides is 1. The summed E-state index contributed by atoms with van der Waals surface area (Å²) in [4.78, 5) is 38.3. The molecule has 160 valence electrons. The quantitative estimate of drug-likeness (QED) is 0.473. The summed E-state index contributed by atoms with van der Waals surface area (Å²) in [6.45, 7) is 2.96. The molecule has 1 aromatic carbocycles. The molecule has 0 saturated carbocycles. The molecule has 0 saturated heterocycles. The van der Waals surface area contributed by atoms with Crippen molar-refractivity contribution in [2.45, 2.75) is 13.5 Å². The van der Waals surface area contributed by atoms with E-state index in [0.29, 0.717) is 48.4 Å². The maximum atomic E-state index is 12.7. The maximum absolute atomic E-state index is 12.7. The Kier molecular flexibility index (Phi) is 4.74. The number of aryl methyl sites for hydroxylation is 1. The number of aromatic nitrogens is 4. The summed E-state index contributed by atoms with van der Waals surface area (Å²) in [7, 11) is 0. The maximum Gasteiger partial charge on any atom is 0.337 e. The van der Waals surface area contributed by atoms with E-state index in [1.165, 1.54) is 12.3 Å². The van der Waals surface area contributed by atoms with Gasteiger partial charge in [-0.25, -0.2) is 9.78 Å². The van der Waals surface area contributed by atoms with Crippen molar-refractivity contribution < 1.29 is 19.2 Å². The summed E-state index contributed by atoms with van der Waals surface area (Å²) >= 11 is 0. The van der Waals surface area contributed by atoms with Gasteiger partial charge in [0, 0.05) is 43.4 Å². The van der Waals surface area contributed by atoms with Gasteiger partial charge >= 0.3 is 5.97 Å². The van der Waals surface area contributed by atoms with Gasteiger partial charge in [0.1, 0.15) is 5.82 Å². The third kappa shape index (κ3) is 3.51. The van der Waals surface area contributed by atoms with Crippen molar-refractivity contribution in [2.75, 3.05) is 18.4 Å². The normalized spacial score (nSPS) is 12.9. The number of hydrogen-bond donors (Lipinski definition) is 2. The van der Waals surface area contributed by atoms with Crippen molar-refractivity contribution in [1.29, 1.82) is 0 Å². The first-order valence-corrected chi connectivity index (χ1v) is 9.94. The molecule has 10 heteroatoms. The number of carboxylic acids is 1. The summed E-state index contributed by atoms with van der Waals surface area (Å²) < 4.78 is 5.07. The number of carbonyl (C=O) groups is 2. The number of benzene rings is 1. The fraction of sp³-hybridized carbons (Fsp3) is 0.182. The van der Waals surface area contributed by atoms with Crippen LogP contribution >= 0.6 is 0 Å². The number of nitrogens with zero attached hydrogens (tertiary/aromatic N) is 5. The van der Waals surface area contributed by atoms with Crippen LogP contribution in [-0.2, 0) is 6.54 Å². The van der Waals surface area contributed by atoms with E-state index in [9.17, 15) is 9.59 Å². The molecule has 0 spiro atoms. The number of fused-ring (bicyclic) bond motifs is 2. The highest BCUT2D eigenvalue weighted by atomic mass is 16.5. The third-order valence-electron chi connectivity index (χ3n) is 5.30. The van der Waals surface area contributed by atoms with Crippen LogP contribution in [0.4, 0.5) is 5.82 Å². The molecular weight excluding hydrogens is 412 g/mol. The Morgan fingerprint density at radius 3 is 2.91 bits per heavy atom. The topological polar surface area (TPSA) is 134 Å². The molecule has 1 aliphatic heterocycles. The van der Waals surface area contributed by atoms with Crippen LogP contribution in [0.3, 0.4) is 0 Å². The summed E-state index contributed by atoms with van der Waals surface area (Å²) in [5.74, 6) is 0.349. The minimum absolute atomic E-state index is 0.00429. The Balaban J connectivity index is 1.31. The van der Waals surface area contributed by atoms with Crippen molar-refractivity contribution in [3.05, 3.63) is 65.4 Å². The molecule has 4 aromatic rings. The number of pyridine rings is 2. The Bertz CT molecular complexity index is 1370. The van der Waals surface area contributed by atoms with Crippen LogP contribution < -0.4 is 5.32 Å². The molecule has 1 amide bonds. The lowest BCUT2D eigenvalue weighted by Crippen LogP contribution is -2.29. The van der Waals surface area contributed by atoms with Crippen LogP contribution in [0.1, 0.15) is 32.3 Å². The molecule has 0 bridgehead atoms. The number of carbonyl (C=O) groups excluding carboxylic acids is 1. The lowest BCUT2D eigenvalue weighted by atomic mass is 10.1. The van der Waals surface area contributed by atoms with E-state index in [0.717, 1.165) is 16.3 Å². The Hall–Kier alpha value is -4.34. The Morgan fingerprint density at radius 1 is 1.25 bits per heavy atom. The summed E-state index contributed by atoms with van der Waals surface area (Å²) in [5, 5.41) is 18.3. The largest absolute Gasteiger partial charge is 0.478 e. The summed E-state index contributed by atoms with van der Waals surface area (Å²) in [5.41, 5.74) is 1.75. The van der Waals surface area contributed by atoms with Crippen molar-refractivity contribution >= 4 is 28.5 Å². The molecule has 32 heavy (non-hydrogen) atoms. The number of nitrogens with one attached hydrogen (secondary N) is 1. The second kappa shape index (κ2) is 7.73. The van der Waals surface area contributed by atoms with Crippen molar-refractivity contribution in [1.82, 2.24) is 25.0 Å². The summed E-state index contributed by atoms with van der Waals surface area (Å²) in [6.07, 6.45) is 3.00. The summed E-state index contributed by atoms with van der Waals surface area (Å²) in [6, 6.07) is 9.14. The van der Waals surface area contributed by atoms with E-state index >= 15 is 0 Å². The zero-order valence-electron chi connectivity index (χ0n) is 17.1. The molecule has 1 aliphatic rings. The van der Waals surface area contributed by atoms with Crippen LogP contribution in [0.5, 0.6) is 0 Å². The van der Waals surface area contributed by atoms with E-state index in [1.807, 2.05) is 24.3 Å². The minimum atomic E-state index is -1.11. The molecule has 10 nitrogen and oxygen atoms in total. The van der Waals surface area contributed by atoms with Gasteiger partial charge in [-0.3, -0.25) is 9.78 Å². The Morgan fingerprint density at radius 2 is 2.12 bits per heavy atom. The average Bonchev–Trinajstić information content (AvgIpc) is 3.36. The monoisotopic (exact) mass is 430 g/mol. The van der Waals surface area contributed by atoms with Crippen LogP contribution in [0.2, 0.25) is 0 Å². The number of hydrogen-bond acceptors (Lipinski definition) is 8. The van der Waals surface area contributed by atoms with E-state index in [2.05, 4.69) is 25.4 Å². The second-order valence-electron chi connectivity index (χ2n) is 7.41. The minimum Gasteiger partial charge on any atom is -0.478 e. The Labute approximate surface area is 181 Å². The SMILES string of the molecule is Cc1nc(-c2ccc3ccnc(NCCN4Cc5ncc(C(=O)O)cc5C4=O)c3c2)no1. The fourth-order valence-electron chi connectivity index (χ4n) is 3.70. The van der Waals surface area contributed by atoms with Crippen LogP contribution in [0, 0.1) is 6.92 Å². The van der Waals surface area contributed by atoms with Gasteiger partial charge in [-0.2, -0.15) is 4.98 Å². The number of anilines is 1. The third-order valence-corrected chi connectivity index (χ3v) is 5.30. The molecule has 0 atom stereocenters. The zero-order chi connectivity index (χ0) is 22.2. The molecule has 2 N–H and O–H groups in total. The molecular formula is C22H18N6O4. The molecule has 0 aliphatic carbocycles. The molecule has 5 rings (SSSR count).